The van der Waals surface area contributed by atoms with Crippen LogP contribution in [0.2, 0.25) is 0 Å². The van der Waals surface area contributed by atoms with Crippen LogP contribution in [-0.2, 0) is 4.79 Å². The minimum atomic E-state index is 0.100. The van der Waals surface area contributed by atoms with Crippen molar-refractivity contribution in [2.75, 3.05) is 43.4 Å². The van der Waals surface area contributed by atoms with E-state index in [1.165, 1.54) is 0 Å². The summed E-state index contributed by atoms with van der Waals surface area (Å²) in [6.45, 7) is 3.99. The van der Waals surface area contributed by atoms with E-state index >= 15 is 0 Å². The second-order valence-corrected chi connectivity index (χ2v) is 10.8. The van der Waals surface area contributed by atoms with E-state index in [9.17, 15) is 4.79 Å². The Balaban J connectivity index is 1.21. The van der Waals surface area contributed by atoms with Crippen LogP contribution in [0, 0.1) is 5.92 Å². The molecular weight excluding hydrogens is 488 g/mol. The Morgan fingerprint density at radius 1 is 0.949 bits per heavy atom. The Kier molecular flexibility index (Phi) is 6.00. The van der Waals surface area contributed by atoms with Crippen molar-refractivity contribution in [1.29, 1.82) is 0 Å². The van der Waals surface area contributed by atoms with Crippen LogP contribution >= 0.6 is 0 Å². The summed E-state index contributed by atoms with van der Waals surface area (Å²) in [5.41, 5.74) is 6.53. The van der Waals surface area contributed by atoms with Crippen molar-refractivity contribution >= 4 is 39.2 Å². The fourth-order valence-electron chi connectivity index (χ4n) is 5.93. The summed E-state index contributed by atoms with van der Waals surface area (Å²) in [6, 6.07) is 12.4. The van der Waals surface area contributed by atoms with E-state index in [0.717, 1.165) is 108 Å². The topological polar surface area (TPSA) is 106 Å². The van der Waals surface area contributed by atoms with Crippen LogP contribution in [0.3, 0.4) is 0 Å². The van der Waals surface area contributed by atoms with Crippen molar-refractivity contribution in [3.05, 3.63) is 55.0 Å². The number of pyridine rings is 2. The Hall–Kier alpha value is -4.24. The summed E-state index contributed by atoms with van der Waals surface area (Å²) in [4.78, 5) is 30.1. The highest BCUT2D eigenvalue weighted by Gasteiger charge is 2.23. The lowest BCUT2D eigenvalue weighted by Crippen LogP contribution is -2.44. The zero-order valence-electron chi connectivity index (χ0n) is 22.1. The molecule has 0 spiro atoms. The monoisotopic (exact) mass is 520 g/mol. The van der Waals surface area contributed by atoms with E-state index in [-0.39, 0.29) is 11.8 Å². The number of hydrogen-bond donors (Lipinski definition) is 3. The van der Waals surface area contributed by atoms with E-state index in [2.05, 4.69) is 60.5 Å². The number of piperazine rings is 1. The highest BCUT2D eigenvalue weighted by atomic mass is 16.1. The van der Waals surface area contributed by atoms with E-state index in [4.69, 9.17) is 4.98 Å². The first-order chi connectivity index (χ1) is 19.1. The summed E-state index contributed by atoms with van der Waals surface area (Å²) in [7, 11) is 2.16. The Bertz CT molecular complexity index is 1660. The van der Waals surface area contributed by atoms with E-state index in [0.29, 0.717) is 0 Å². The molecule has 0 atom stereocenters. The molecule has 2 fully saturated rings. The number of carbonyl (C=O) groups excluding carboxylic acids is 1. The van der Waals surface area contributed by atoms with E-state index in [1.807, 2.05) is 30.6 Å². The molecule has 3 N–H and O–H groups in total. The minimum Gasteiger partial charge on any atom is -0.353 e. The lowest BCUT2D eigenvalue weighted by atomic mass is 10.0. The van der Waals surface area contributed by atoms with Gasteiger partial charge in [-0.3, -0.25) is 14.9 Å². The van der Waals surface area contributed by atoms with Gasteiger partial charge in [0, 0.05) is 60.8 Å². The van der Waals surface area contributed by atoms with E-state index in [1.54, 1.807) is 6.20 Å². The van der Waals surface area contributed by atoms with Crippen molar-refractivity contribution in [1.82, 2.24) is 30.0 Å². The molecule has 4 aromatic heterocycles. The summed E-state index contributed by atoms with van der Waals surface area (Å²) in [5.74, 6) is 1.23. The van der Waals surface area contributed by atoms with Crippen LogP contribution in [0.1, 0.15) is 25.7 Å². The maximum atomic E-state index is 12.7. The number of nitrogens with zero attached hydrogens (tertiary/aromatic N) is 5. The van der Waals surface area contributed by atoms with Crippen molar-refractivity contribution < 1.29 is 4.79 Å². The first kappa shape index (κ1) is 23.8. The molecule has 0 bridgehead atoms. The van der Waals surface area contributed by atoms with Gasteiger partial charge in [-0.1, -0.05) is 18.9 Å². The molecule has 0 unspecified atom stereocenters. The number of likely N-dealkylation sites (N-methyl/N-ethyl adjacent to an activating group) is 1. The predicted octanol–water partition coefficient (Wildman–Crippen LogP) is 5.05. The van der Waals surface area contributed by atoms with Crippen LogP contribution < -0.4 is 10.2 Å². The molecular formula is C30H32N8O. The first-order valence-electron chi connectivity index (χ1n) is 13.8. The maximum absolute atomic E-state index is 12.7. The molecule has 5 aromatic rings. The highest BCUT2D eigenvalue weighted by molar-refractivity contribution is 6.00. The lowest BCUT2D eigenvalue weighted by molar-refractivity contribution is -0.119. The zero-order valence-corrected chi connectivity index (χ0v) is 22.1. The summed E-state index contributed by atoms with van der Waals surface area (Å²) in [6.07, 6.45) is 9.64. The van der Waals surface area contributed by atoms with Crippen molar-refractivity contribution in [2.45, 2.75) is 25.7 Å². The van der Waals surface area contributed by atoms with Crippen LogP contribution in [0.4, 0.5) is 11.5 Å². The fourth-order valence-corrected chi connectivity index (χ4v) is 5.93. The van der Waals surface area contributed by atoms with Crippen molar-refractivity contribution in [3.8, 4) is 22.5 Å². The first-order valence-corrected chi connectivity index (χ1v) is 13.8. The molecule has 1 saturated carbocycles. The fraction of sp³-hybridized carbons (Fsp3) is 0.333. The molecule has 9 heteroatoms. The van der Waals surface area contributed by atoms with Gasteiger partial charge in [-0.05, 0) is 55.8 Å². The number of hydrogen-bond acceptors (Lipinski definition) is 6. The van der Waals surface area contributed by atoms with Crippen LogP contribution in [0.15, 0.2) is 55.0 Å². The van der Waals surface area contributed by atoms with Gasteiger partial charge in [0.1, 0.15) is 11.5 Å². The van der Waals surface area contributed by atoms with Crippen molar-refractivity contribution in [2.24, 2.45) is 5.92 Å². The Morgan fingerprint density at radius 2 is 1.79 bits per heavy atom. The maximum Gasteiger partial charge on any atom is 0.227 e. The second-order valence-electron chi connectivity index (χ2n) is 10.8. The average Bonchev–Trinajstić information content (AvgIpc) is 3.73. The smallest absolute Gasteiger partial charge is 0.227 e. The third-order valence-corrected chi connectivity index (χ3v) is 8.21. The third kappa shape index (κ3) is 4.52. The molecule has 0 radical (unpaired) electrons. The van der Waals surface area contributed by atoms with Gasteiger partial charge < -0.3 is 20.1 Å². The molecule has 7 rings (SSSR count). The van der Waals surface area contributed by atoms with Gasteiger partial charge in [-0.2, -0.15) is 5.10 Å². The molecule has 198 valence electrons. The number of H-pyrrole nitrogens is 2. The Morgan fingerprint density at radius 3 is 2.64 bits per heavy atom. The van der Waals surface area contributed by atoms with Gasteiger partial charge in [-0.25, -0.2) is 4.98 Å². The Labute approximate surface area is 226 Å². The number of nitrogens with one attached hydrogen (secondary N) is 3. The largest absolute Gasteiger partial charge is 0.353 e. The van der Waals surface area contributed by atoms with Crippen LogP contribution in [-0.4, -0.2) is 69.2 Å². The SMILES string of the molecule is CN1CCN(c2nccc3[nH]c(-c4n[nH]c5ccc(-c6cncc(NC(=O)C7CCCC7)c6)cc45)cc23)CC1. The van der Waals surface area contributed by atoms with Gasteiger partial charge >= 0.3 is 0 Å². The minimum absolute atomic E-state index is 0.100. The summed E-state index contributed by atoms with van der Waals surface area (Å²) >= 11 is 0. The average molecular weight is 521 g/mol. The predicted molar refractivity (Wildman–Crippen MR) is 155 cm³/mol. The number of carbonyl (C=O) groups is 1. The zero-order chi connectivity index (χ0) is 26.3. The number of rotatable bonds is 5. The van der Waals surface area contributed by atoms with Gasteiger partial charge in [0.05, 0.1) is 28.6 Å². The lowest BCUT2D eigenvalue weighted by Gasteiger charge is -2.33. The van der Waals surface area contributed by atoms with Gasteiger partial charge in [0.15, 0.2) is 0 Å². The van der Waals surface area contributed by atoms with Gasteiger partial charge in [0.25, 0.3) is 0 Å². The van der Waals surface area contributed by atoms with E-state index < -0.39 is 0 Å². The molecule has 5 heterocycles. The van der Waals surface area contributed by atoms with Gasteiger partial charge in [0.2, 0.25) is 5.91 Å². The number of anilines is 2. The number of benzene rings is 1. The van der Waals surface area contributed by atoms with Crippen LogP contribution in [0.25, 0.3) is 44.3 Å². The molecule has 1 aliphatic heterocycles. The second kappa shape index (κ2) is 9.81. The standard InChI is InChI=1S/C30H32N8O/c1-37-10-12-38(13-11-37)29-24-16-27(34-25(24)8-9-32-29)28-23-15-20(6-7-26(23)35-36-28)21-14-22(18-31-17-21)33-30(39)19-4-2-3-5-19/h6-9,14-19,34H,2-5,10-13H2,1H3,(H,33,39)(H,35,36). The molecule has 2 aliphatic rings. The molecule has 1 aliphatic carbocycles. The van der Waals surface area contributed by atoms with Gasteiger partial charge in [-0.15, -0.1) is 0 Å². The normalized spacial score (nSPS) is 16.9. The molecule has 1 amide bonds. The number of amides is 1. The van der Waals surface area contributed by atoms with Crippen molar-refractivity contribution in [3.63, 3.8) is 0 Å². The quantitative estimate of drug-likeness (QED) is 0.300. The number of aromatic amines is 2. The highest BCUT2D eigenvalue weighted by Crippen LogP contribution is 2.34. The molecule has 1 aromatic carbocycles. The third-order valence-electron chi connectivity index (χ3n) is 8.21. The molecule has 1 saturated heterocycles. The summed E-state index contributed by atoms with van der Waals surface area (Å²) in [5, 5.41) is 13.1. The van der Waals surface area contributed by atoms with Crippen LogP contribution in [0.5, 0.6) is 0 Å². The molecule has 9 nitrogen and oxygen atoms in total. The number of fused-ring (bicyclic) bond motifs is 2. The molecule has 39 heavy (non-hydrogen) atoms. The summed E-state index contributed by atoms with van der Waals surface area (Å²) < 4.78 is 0. The number of aromatic nitrogens is 5.